The van der Waals surface area contributed by atoms with E-state index in [1.165, 1.54) is 24.8 Å². The molecule has 2 saturated carbocycles. The lowest BCUT2D eigenvalue weighted by Gasteiger charge is -2.19. The maximum absolute atomic E-state index is 12.1. The monoisotopic (exact) mass is 472 g/mol. The van der Waals surface area contributed by atoms with Crippen molar-refractivity contribution < 1.29 is 19.7 Å². The number of ether oxygens (including phenoxy) is 1. The molecule has 0 aliphatic heterocycles. The minimum absolute atomic E-state index is 0.0226. The molecule has 0 aromatic rings. The highest BCUT2D eigenvalue weighted by molar-refractivity contribution is 5.69. The molecule has 192 valence electrons. The molecule has 0 heterocycles. The van der Waals surface area contributed by atoms with Crippen LogP contribution < -0.4 is 0 Å². The van der Waals surface area contributed by atoms with Gasteiger partial charge in [-0.1, -0.05) is 56.9 Å². The molecule has 0 aromatic heterocycles. The van der Waals surface area contributed by atoms with Gasteiger partial charge in [0.15, 0.2) is 0 Å². The van der Waals surface area contributed by atoms with Gasteiger partial charge in [-0.05, 0) is 76.5 Å². The molecule has 0 aromatic carbocycles. The van der Waals surface area contributed by atoms with E-state index in [0.29, 0.717) is 24.7 Å². The SMILES string of the molecule is CC#CCC(C)[C@H](O)C=C[C@@H]1[C@H]2CC(=CCCCC(=O)O[C@@H](C)CCCCCC)C[C@H]2C[C@H]1O. The summed E-state index contributed by atoms with van der Waals surface area (Å²) in [6.07, 6.45) is 17.0. The molecular weight excluding hydrogens is 424 g/mol. The number of carbonyl (C=O) groups is 1. The van der Waals surface area contributed by atoms with Crippen LogP contribution in [0, 0.1) is 35.5 Å². The van der Waals surface area contributed by atoms with Gasteiger partial charge in [0.05, 0.1) is 18.3 Å². The van der Waals surface area contributed by atoms with Crippen molar-refractivity contribution in [3.8, 4) is 11.8 Å². The Morgan fingerprint density at radius 3 is 2.74 bits per heavy atom. The van der Waals surface area contributed by atoms with Gasteiger partial charge in [0.2, 0.25) is 0 Å². The van der Waals surface area contributed by atoms with Crippen molar-refractivity contribution in [2.45, 2.75) is 123 Å². The van der Waals surface area contributed by atoms with Gasteiger partial charge < -0.3 is 14.9 Å². The van der Waals surface area contributed by atoms with E-state index in [0.717, 1.165) is 44.9 Å². The fourth-order valence-corrected chi connectivity index (χ4v) is 5.51. The third-order valence-electron chi connectivity index (χ3n) is 7.64. The number of fused-ring (bicyclic) bond motifs is 1. The van der Waals surface area contributed by atoms with Crippen LogP contribution >= 0.6 is 0 Å². The molecule has 2 N–H and O–H groups in total. The van der Waals surface area contributed by atoms with Crippen LogP contribution in [0.4, 0.5) is 0 Å². The highest BCUT2D eigenvalue weighted by Gasteiger charge is 2.44. The minimum atomic E-state index is -0.526. The van der Waals surface area contributed by atoms with Gasteiger partial charge in [-0.3, -0.25) is 4.79 Å². The number of esters is 1. The van der Waals surface area contributed by atoms with Gasteiger partial charge in [0, 0.05) is 18.8 Å². The molecule has 0 amide bonds. The summed E-state index contributed by atoms with van der Waals surface area (Å²) in [7, 11) is 0. The van der Waals surface area contributed by atoms with E-state index in [-0.39, 0.29) is 30.0 Å². The summed E-state index contributed by atoms with van der Waals surface area (Å²) in [6, 6.07) is 0. The van der Waals surface area contributed by atoms with Crippen LogP contribution in [0.2, 0.25) is 0 Å². The second-order valence-corrected chi connectivity index (χ2v) is 10.6. The molecule has 2 aliphatic rings. The molecule has 2 rings (SSSR count). The van der Waals surface area contributed by atoms with Crippen LogP contribution in [0.25, 0.3) is 0 Å². The molecule has 4 heteroatoms. The Bertz CT molecular complexity index is 728. The van der Waals surface area contributed by atoms with Crippen LogP contribution in [0.3, 0.4) is 0 Å². The van der Waals surface area contributed by atoms with Crippen molar-refractivity contribution in [2.24, 2.45) is 23.7 Å². The number of rotatable bonds is 14. The third kappa shape index (κ3) is 9.59. The molecule has 2 aliphatic carbocycles. The first-order valence-corrected chi connectivity index (χ1v) is 13.7. The lowest BCUT2D eigenvalue weighted by molar-refractivity contribution is -0.148. The first kappa shape index (κ1) is 28.7. The van der Waals surface area contributed by atoms with Crippen molar-refractivity contribution in [2.75, 3.05) is 0 Å². The lowest BCUT2D eigenvalue weighted by atomic mass is 9.89. The van der Waals surface area contributed by atoms with Crippen LogP contribution in [-0.4, -0.2) is 34.5 Å². The molecule has 7 atom stereocenters. The summed E-state index contributed by atoms with van der Waals surface area (Å²) in [5, 5.41) is 21.0. The minimum Gasteiger partial charge on any atom is -0.463 e. The fourth-order valence-electron chi connectivity index (χ4n) is 5.51. The Hall–Kier alpha value is -1.57. The van der Waals surface area contributed by atoms with Crippen molar-refractivity contribution in [3.63, 3.8) is 0 Å². The van der Waals surface area contributed by atoms with Crippen molar-refractivity contribution in [1.82, 2.24) is 0 Å². The van der Waals surface area contributed by atoms with Gasteiger partial charge in [-0.25, -0.2) is 0 Å². The summed E-state index contributed by atoms with van der Waals surface area (Å²) in [6.45, 7) is 8.03. The smallest absolute Gasteiger partial charge is 0.306 e. The van der Waals surface area contributed by atoms with Gasteiger partial charge in [-0.15, -0.1) is 11.8 Å². The number of unbranched alkanes of at least 4 members (excludes halogenated alkanes) is 4. The van der Waals surface area contributed by atoms with Crippen molar-refractivity contribution >= 4 is 5.97 Å². The first-order valence-electron chi connectivity index (χ1n) is 13.7. The lowest BCUT2D eigenvalue weighted by Crippen LogP contribution is -2.19. The highest BCUT2D eigenvalue weighted by atomic mass is 16.5. The zero-order chi connectivity index (χ0) is 24.9. The number of aliphatic hydroxyl groups excluding tert-OH is 2. The second-order valence-electron chi connectivity index (χ2n) is 10.6. The van der Waals surface area contributed by atoms with Crippen molar-refractivity contribution in [1.29, 1.82) is 0 Å². The van der Waals surface area contributed by atoms with E-state index in [4.69, 9.17) is 4.74 Å². The van der Waals surface area contributed by atoms with E-state index in [2.05, 4.69) is 30.9 Å². The predicted octanol–water partition coefficient (Wildman–Crippen LogP) is 6.36. The average Bonchev–Trinajstić information content (AvgIpc) is 3.32. The van der Waals surface area contributed by atoms with Crippen LogP contribution in [0.15, 0.2) is 23.8 Å². The maximum Gasteiger partial charge on any atom is 0.306 e. The topological polar surface area (TPSA) is 66.8 Å². The van der Waals surface area contributed by atoms with Crippen LogP contribution in [-0.2, 0) is 9.53 Å². The number of hydrogen-bond donors (Lipinski definition) is 2. The van der Waals surface area contributed by atoms with Crippen molar-refractivity contribution in [3.05, 3.63) is 23.8 Å². The van der Waals surface area contributed by atoms with Gasteiger partial charge in [-0.2, -0.15) is 0 Å². The average molecular weight is 473 g/mol. The molecule has 0 bridgehead atoms. The molecule has 1 unspecified atom stereocenters. The van der Waals surface area contributed by atoms with Gasteiger partial charge >= 0.3 is 5.97 Å². The van der Waals surface area contributed by atoms with E-state index >= 15 is 0 Å². The Morgan fingerprint density at radius 1 is 1.21 bits per heavy atom. The van der Waals surface area contributed by atoms with Crippen LogP contribution in [0.5, 0.6) is 0 Å². The second kappa shape index (κ2) is 15.4. The molecule has 0 radical (unpaired) electrons. The normalized spacial score (nSPS) is 27.9. The quantitative estimate of drug-likeness (QED) is 0.134. The maximum atomic E-state index is 12.1. The third-order valence-corrected chi connectivity index (χ3v) is 7.64. The molecule has 4 nitrogen and oxygen atoms in total. The highest BCUT2D eigenvalue weighted by Crippen LogP contribution is 2.50. The largest absolute Gasteiger partial charge is 0.463 e. The predicted molar refractivity (Wildman–Crippen MR) is 139 cm³/mol. The summed E-state index contributed by atoms with van der Waals surface area (Å²) >= 11 is 0. The van der Waals surface area contributed by atoms with Gasteiger partial charge in [0.1, 0.15) is 0 Å². The van der Waals surface area contributed by atoms with E-state index in [1.807, 2.05) is 26.8 Å². The standard InChI is InChI=1S/C30H48O4/c1-5-7-9-10-14-23(4)34-30(33)16-12-11-15-24-19-25-21-29(32)26(27(25)20-24)17-18-28(31)22(3)13-8-6-2/h15,17-18,22-23,25-29,31-32H,5,7,9-14,16,19-21H2,1-4H3/t22?,23-,25-,26+,27-,28+,29+/m0/s1. The molecular formula is C30H48O4. The Balaban J connectivity index is 1.72. The summed E-state index contributed by atoms with van der Waals surface area (Å²) in [5.74, 6) is 7.02. The van der Waals surface area contributed by atoms with Crippen LogP contribution in [0.1, 0.15) is 105 Å². The molecule has 34 heavy (non-hydrogen) atoms. The molecule has 2 fully saturated rings. The molecule has 0 spiro atoms. The van der Waals surface area contributed by atoms with Gasteiger partial charge in [0.25, 0.3) is 0 Å². The molecule has 0 saturated heterocycles. The fraction of sp³-hybridized carbons (Fsp3) is 0.767. The number of allylic oxidation sites excluding steroid dienone is 2. The Kier molecular flexibility index (Phi) is 13.0. The Labute approximate surface area is 208 Å². The van der Waals surface area contributed by atoms with E-state index in [9.17, 15) is 15.0 Å². The first-order chi connectivity index (χ1) is 16.3. The summed E-state index contributed by atoms with van der Waals surface area (Å²) in [5.41, 5.74) is 1.46. The number of aliphatic hydroxyl groups is 2. The number of carbonyl (C=O) groups excluding carboxylic acids is 1. The Morgan fingerprint density at radius 2 is 2.00 bits per heavy atom. The van der Waals surface area contributed by atoms with E-state index in [1.54, 1.807) is 0 Å². The number of hydrogen-bond acceptors (Lipinski definition) is 4. The zero-order valence-corrected chi connectivity index (χ0v) is 22.0. The summed E-state index contributed by atoms with van der Waals surface area (Å²) < 4.78 is 5.55. The van der Waals surface area contributed by atoms with E-state index < -0.39 is 6.10 Å². The summed E-state index contributed by atoms with van der Waals surface area (Å²) in [4.78, 5) is 12.1. The zero-order valence-electron chi connectivity index (χ0n) is 22.0.